The van der Waals surface area contributed by atoms with E-state index >= 15 is 0 Å². The first-order chi connectivity index (χ1) is 11.5. The molecule has 1 aliphatic rings. The maximum atomic E-state index is 4.89. The fourth-order valence-electron chi connectivity index (χ4n) is 3.82. The zero-order valence-electron chi connectivity index (χ0n) is 16.6. The Morgan fingerprint density at radius 3 is 2.40 bits per heavy atom. The summed E-state index contributed by atoms with van der Waals surface area (Å²) in [5.74, 6) is 0.955. The van der Waals surface area contributed by atoms with E-state index in [1.54, 1.807) is 0 Å². The second-order valence-electron chi connectivity index (χ2n) is 7.21. The monoisotopic (exact) mass is 461 g/mol. The van der Waals surface area contributed by atoms with Crippen LogP contribution in [0.15, 0.2) is 4.99 Å². The van der Waals surface area contributed by atoms with Crippen molar-refractivity contribution >= 4 is 29.9 Å². The molecule has 25 heavy (non-hydrogen) atoms. The van der Waals surface area contributed by atoms with Crippen LogP contribution in [0.2, 0.25) is 0 Å². The molecule has 0 aliphatic heterocycles. The summed E-state index contributed by atoms with van der Waals surface area (Å²) in [4.78, 5) is 4.89. The lowest BCUT2D eigenvalue weighted by molar-refractivity contribution is 0.297. The number of hydrogen-bond donors (Lipinski definition) is 2. The lowest BCUT2D eigenvalue weighted by Crippen LogP contribution is -2.39. The average molecular weight is 461 g/mol. The Labute approximate surface area is 170 Å². The molecule has 1 saturated carbocycles. The number of nitrogens with zero attached hydrogens (tertiary/aromatic N) is 3. The molecule has 0 spiro atoms. The van der Waals surface area contributed by atoms with Gasteiger partial charge in [0.2, 0.25) is 0 Å². The molecule has 0 radical (unpaired) electrons. The molecule has 0 saturated heterocycles. The van der Waals surface area contributed by atoms with Crippen LogP contribution < -0.4 is 10.6 Å². The van der Waals surface area contributed by atoms with Crippen LogP contribution in [-0.2, 0) is 13.5 Å². The first-order valence-corrected chi connectivity index (χ1v) is 9.52. The van der Waals surface area contributed by atoms with E-state index in [0.29, 0.717) is 5.41 Å². The highest BCUT2D eigenvalue weighted by Gasteiger charge is 2.31. The van der Waals surface area contributed by atoms with Gasteiger partial charge in [-0.05, 0) is 57.4 Å². The van der Waals surface area contributed by atoms with Crippen molar-refractivity contribution in [2.24, 2.45) is 17.5 Å². The van der Waals surface area contributed by atoms with E-state index in [4.69, 9.17) is 4.99 Å². The third-order valence-corrected chi connectivity index (χ3v) is 5.66. The number of guanidine groups is 1. The molecule has 6 heteroatoms. The van der Waals surface area contributed by atoms with Crippen LogP contribution in [0.5, 0.6) is 0 Å². The number of nitrogens with one attached hydrogen (secondary N) is 2. The van der Waals surface area contributed by atoms with Gasteiger partial charge in [-0.1, -0.05) is 19.8 Å². The number of aliphatic imine (C=N–C) groups is 1. The lowest BCUT2D eigenvalue weighted by Gasteiger charge is -2.25. The van der Waals surface area contributed by atoms with Gasteiger partial charge in [0.15, 0.2) is 5.96 Å². The highest BCUT2D eigenvalue weighted by Crippen LogP contribution is 2.41. The molecule has 0 amide bonds. The van der Waals surface area contributed by atoms with Gasteiger partial charge in [0, 0.05) is 32.4 Å². The molecule has 0 atom stereocenters. The SMILES string of the molecule is CCNC(=NCC1(CC)CCCC1)NCCc1c(C)nn(C)c1C.I. The van der Waals surface area contributed by atoms with Gasteiger partial charge < -0.3 is 10.6 Å². The average Bonchev–Trinajstić information content (AvgIpc) is 3.13. The smallest absolute Gasteiger partial charge is 0.191 e. The zero-order valence-corrected chi connectivity index (χ0v) is 18.9. The summed E-state index contributed by atoms with van der Waals surface area (Å²) in [5.41, 5.74) is 4.18. The van der Waals surface area contributed by atoms with Gasteiger partial charge in [-0.2, -0.15) is 5.10 Å². The van der Waals surface area contributed by atoms with Crippen molar-refractivity contribution in [2.75, 3.05) is 19.6 Å². The largest absolute Gasteiger partial charge is 0.357 e. The van der Waals surface area contributed by atoms with Crippen molar-refractivity contribution in [1.82, 2.24) is 20.4 Å². The first-order valence-electron chi connectivity index (χ1n) is 9.52. The maximum Gasteiger partial charge on any atom is 0.191 e. The number of aromatic nitrogens is 2. The van der Waals surface area contributed by atoms with Crippen LogP contribution in [0.1, 0.15) is 62.9 Å². The molecule has 1 aliphatic carbocycles. The molecular formula is C19H36IN5. The fourth-order valence-corrected chi connectivity index (χ4v) is 3.82. The molecule has 1 heterocycles. The van der Waals surface area contributed by atoms with Crippen molar-refractivity contribution in [3.05, 3.63) is 17.0 Å². The van der Waals surface area contributed by atoms with Crippen LogP contribution in [0.4, 0.5) is 0 Å². The predicted molar refractivity (Wildman–Crippen MR) is 117 cm³/mol. The van der Waals surface area contributed by atoms with E-state index in [1.807, 2.05) is 11.7 Å². The van der Waals surface area contributed by atoms with E-state index in [0.717, 1.165) is 37.7 Å². The molecule has 1 aromatic rings. The highest BCUT2D eigenvalue weighted by molar-refractivity contribution is 14.0. The summed E-state index contributed by atoms with van der Waals surface area (Å²) < 4.78 is 1.97. The van der Waals surface area contributed by atoms with Crippen molar-refractivity contribution in [3.63, 3.8) is 0 Å². The second-order valence-corrected chi connectivity index (χ2v) is 7.21. The van der Waals surface area contributed by atoms with Crippen molar-refractivity contribution in [2.45, 2.75) is 66.2 Å². The van der Waals surface area contributed by atoms with Crippen molar-refractivity contribution in [3.8, 4) is 0 Å². The molecule has 0 aromatic carbocycles. The minimum Gasteiger partial charge on any atom is -0.357 e. The molecule has 144 valence electrons. The second kappa shape index (κ2) is 10.4. The highest BCUT2D eigenvalue weighted by atomic mass is 127. The number of aryl methyl sites for hydroxylation is 2. The van der Waals surface area contributed by atoms with Crippen molar-refractivity contribution in [1.29, 1.82) is 0 Å². The lowest BCUT2D eigenvalue weighted by atomic mass is 9.84. The minimum atomic E-state index is 0. The standard InChI is InChI=1S/C19H35N5.HI/c1-6-19(11-8-9-12-19)14-22-18(20-7-2)21-13-10-17-15(3)23-24(5)16(17)4;/h6-14H2,1-5H3,(H2,20,21,22);1H. The number of rotatable bonds is 7. The summed E-state index contributed by atoms with van der Waals surface area (Å²) in [5, 5.41) is 11.4. The van der Waals surface area contributed by atoms with Crippen LogP contribution in [0.25, 0.3) is 0 Å². The van der Waals surface area contributed by atoms with Crippen LogP contribution in [-0.4, -0.2) is 35.4 Å². The van der Waals surface area contributed by atoms with Gasteiger partial charge in [-0.25, -0.2) is 0 Å². The summed E-state index contributed by atoms with van der Waals surface area (Å²) >= 11 is 0. The van der Waals surface area contributed by atoms with Gasteiger partial charge >= 0.3 is 0 Å². The third-order valence-electron chi connectivity index (χ3n) is 5.66. The third kappa shape index (κ3) is 5.86. The van der Waals surface area contributed by atoms with Gasteiger partial charge in [0.25, 0.3) is 0 Å². The fraction of sp³-hybridized carbons (Fsp3) is 0.789. The van der Waals surface area contributed by atoms with E-state index in [-0.39, 0.29) is 24.0 Å². The van der Waals surface area contributed by atoms with Crippen molar-refractivity contribution < 1.29 is 0 Å². The van der Waals surface area contributed by atoms with Crippen LogP contribution in [0.3, 0.4) is 0 Å². The van der Waals surface area contributed by atoms with E-state index in [2.05, 4.69) is 43.4 Å². The van der Waals surface area contributed by atoms with Gasteiger partial charge in [-0.15, -0.1) is 24.0 Å². The number of halogens is 1. The van der Waals surface area contributed by atoms with Gasteiger partial charge in [0.1, 0.15) is 0 Å². The Morgan fingerprint density at radius 2 is 1.88 bits per heavy atom. The molecule has 1 aromatic heterocycles. The Kier molecular flexibility index (Phi) is 9.24. The predicted octanol–water partition coefficient (Wildman–Crippen LogP) is 3.72. The number of hydrogen-bond acceptors (Lipinski definition) is 2. The molecular weight excluding hydrogens is 425 g/mol. The molecule has 0 bridgehead atoms. The normalized spacial score (nSPS) is 16.6. The molecule has 5 nitrogen and oxygen atoms in total. The molecule has 0 unspecified atom stereocenters. The summed E-state index contributed by atoms with van der Waals surface area (Å²) in [6.07, 6.45) is 7.62. The van der Waals surface area contributed by atoms with Crippen LogP contribution in [0, 0.1) is 19.3 Å². The molecule has 2 rings (SSSR count). The van der Waals surface area contributed by atoms with Gasteiger partial charge in [-0.3, -0.25) is 9.67 Å². The quantitative estimate of drug-likeness (QED) is 0.370. The summed E-state index contributed by atoms with van der Waals surface area (Å²) in [7, 11) is 2.01. The summed E-state index contributed by atoms with van der Waals surface area (Å²) in [6.45, 7) is 11.4. The first kappa shape index (κ1) is 22.3. The van der Waals surface area contributed by atoms with Gasteiger partial charge in [0.05, 0.1) is 5.69 Å². The summed E-state index contributed by atoms with van der Waals surface area (Å²) in [6, 6.07) is 0. The van der Waals surface area contributed by atoms with Crippen LogP contribution >= 0.6 is 24.0 Å². The zero-order chi connectivity index (χ0) is 17.6. The Bertz CT molecular complexity index is 558. The van der Waals surface area contributed by atoms with E-state index < -0.39 is 0 Å². The van der Waals surface area contributed by atoms with E-state index in [9.17, 15) is 0 Å². The Hall–Kier alpha value is -0.790. The molecule has 1 fully saturated rings. The Morgan fingerprint density at radius 1 is 1.20 bits per heavy atom. The maximum absolute atomic E-state index is 4.89. The minimum absolute atomic E-state index is 0. The van der Waals surface area contributed by atoms with E-state index in [1.165, 1.54) is 43.4 Å². The Balaban J connectivity index is 0.00000312. The topological polar surface area (TPSA) is 54.2 Å². The molecule has 2 N–H and O–H groups in total.